The summed E-state index contributed by atoms with van der Waals surface area (Å²) in [5, 5.41) is 10.3. The number of fused-ring (bicyclic) bond motifs is 5. The van der Waals surface area contributed by atoms with Gasteiger partial charge in [0.2, 0.25) is 11.8 Å². The molecule has 4 aliphatic carbocycles. The fourth-order valence-corrected chi connectivity index (χ4v) is 9.98. The number of piperazine rings is 1. The summed E-state index contributed by atoms with van der Waals surface area (Å²) >= 11 is 0. The first-order valence-electron chi connectivity index (χ1n) is 15.0. The van der Waals surface area contributed by atoms with Gasteiger partial charge in [-0.05, 0) is 105 Å². The molecule has 3 saturated carbocycles. The highest BCUT2D eigenvalue weighted by Gasteiger charge is 2.59. The largest absolute Gasteiger partial charge is 0.393 e. The summed E-state index contributed by atoms with van der Waals surface area (Å²) in [4.78, 5) is 28.8. The number of aliphatic hydroxyl groups excluding tert-OH is 1. The molecule has 5 rings (SSSR count). The van der Waals surface area contributed by atoms with E-state index in [1.165, 1.54) is 32.1 Å². The number of rotatable bonds is 4. The van der Waals surface area contributed by atoms with Crippen LogP contribution in [0.25, 0.3) is 0 Å². The summed E-state index contributed by atoms with van der Waals surface area (Å²) in [6, 6.07) is 0.113. The van der Waals surface area contributed by atoms with E-state index in [1.807, 2.05) is 9.80 Å². The second-order valence-electron chi connectivity index (χ2n) is 13.8. The predicted octanol–water partition coefficient (Wildman–Crippen LogP) is 5.42. The molecule has 0 radical (unpaired) electrons. The van der Waals surface area contributed by atoms with Crippen molar-refractivity contribution in [2.24, 2.45) is 40.4 Å². The number of hydrogen-bond acceptors (Lipinski definition) is 3. The Kier molecular flexibility index (Phi) is 7.11. The molecule has 2 amide bonds. The van der Waals surface area contributed by atoms with E-state index >= 15 is 0 Å². The summed E-state index contributed by atoms with van der Waals surface area (Å²) in [6.07, 6.45) is 13.6. The van der Waals surface area contributed by atoms with Crippen LogP contribution in [0.15, 0.2) is 11.6 Å². The molecule has 4 fully saturated rings. The van der Waals surface area contributed by atoms with Gasteiger partial charge in [-0.1, -0.05) is 32.4 Å². The molecule has 5 nitrogen and oxygen atoms in total. The zero-order chi connectivity index (χ0) is 25.8. The summed E-state index contributed by atoms with van der Waals surface area (Å²) in [6.45, 7) is 13.2. The van der Waals surface area contributed by atoms with Crippen molar-refractivity contribution in [1.82, 2.24) is 9.80 Å². The Morgan fingerprint density at radius 3 is 2.61 bits per heavy atom. The Morgan fingerprint density at radius 2 is 1.89 bits per heavy atom. The number of carbonyl (C=O) groups is 2. The molecule has 36 heavy (non-hydrogen) atoms. The third-order valence-corrected chi connectivity index (χ3v) is 12.0. The van der Waals surface area contributed by atoms with Gasteiger partial charge in [-0.15, -0.1) is 0 Å². The van der Waals surface area contributed by atoms with Crippen LogP contribution in [0.4, 0.5) is 0 Å². The minimum absolute atomic E-state index is 0.113. The van der Waals surface area contributed by atoms with Gasteiger partial charge in [-0.2, -0.15) is 0 Å². The van der Waals surface area contributed by atoms with Crippen LogP contribution >= 0.6 is 0 Å². The van der Waals surface area contributed by atoms with Crippen molar-refractivity contribution in [2.45, 2.75) is 111 Å². The second-order valence-corrected chi connectivity index (χ2v) is 13.8. The highest BCUT2D eigenvalue weighted by molar-refractivity contribution is 5.77. The highest BCUT2D eigenvalue weighted by atomic mass is 16.3. The topological polar surface area (TPSA) is 60.9 Å². The quantitative estimate of drug-likeness (QED) is 0.527. The van der Waals surface area contributed by atoms with Gasteiger partial charge in [0, 0.05) is 39.0 Å². The van der Waals surface area contributed by atoms with Crippen LogP contribution in [0.5, 0.6) is 0 Å². The highest BCUT2D eigenvalue weighted by Crippen LogP contribution is 2.67. The average molecular weight is 499 g/mol. The molecule has 0 aromatic heterocycles. The van der Waals surface area contributed by atoms with Crippen LogP contribution in [0.2, 0.25) is 0 Å². The smallest absolute Gasteiger partial charge is 0.222 e. The molecule has 202 valence electrons. The average Bonchev–Trinajstić information content (AvgIpc) is 3.19. The van der Waals surface area contributed by atoms with Crippen molar-refractivity contribution in [1.29, 1.82) is 0 Å². The Balaban J connectivity index is 1.20. The summed E-state index contributed by atoms with van der Waals surface area (Å²) < 4.78 is 0. The first-order valence-corrected chi connectivity index (χ1v) is 15.0. The lowest BCUT2D eigenvalue weighted by molar-refractivity contribution is -0.141. The SMILES string of the molecule is CC(=O)N1CCN(C(=O)CCC(C)[C@H]2CC[C@H]3[C@@H]4CC=C5C[C@@H](O)CC[C@]5(C)[C@H]4CC[C@]23C)C[C@H]1C. The maximum Gasteiger partial charge on any atom is 0.222 e. The predicted molar refractivity (Wildman–Crippen MR) is 143 cm³/mol. The van der Waals surface area contributed by atoms with Gasteiger partial charge in [0.1, 0.15) is 0 Å². The molecule has 1 saturated heterocycles. The van der Waals surface area contributed by atoms with E-state index in [2.05, 4.69) is 33.8 Å². The van der Waals surface area contributed by atoms with Crippen LogP contribution in [-0.2, 0) is 9.59 Å². The fraction of sp³-hybridized carbons (Fsp3) is 0.871. The Labute approximate surface area is 219 Å². The van der Waals surface area contributed by atoms with E-state index in [0.29, 0.717) is 42.8 Å². The molecule has 1 N–H and O–H groups in total. The minimum atomic E-state index is -0.129. The summed E-state index contributed by atoms with van der Waals surface area (Å²) in [5.41, 5.74) is 2.27. The maximum absolute atomic E-state index is 13.1. The van der Waals surface area contributed by atoms with E-state index in [-0.39, 0.29) is 24.0 Å². The molecule has 0 aromatic carbocycles. The molecule has 9 atom stereocenters. The molecule has 1 heterocycles. The Hall–Kier alpha value is -1.36. The van der Waals surface area contributed by atoms with Crippen LogP contribution in [-0.4, -0.2) is 58.5 Å². The molecule has 1 unspecified atom stereocenters. The minimum Gasteiger partial charge on any atom is -0.393 e. The molecule has 0 bridgehead atoms. The first-order chi connectivity index (χ1) is 17.0. The van der Waals surface area contributed by atoms with E-state index in [0.717, 1.165) is 49.4 Å². The van der Waals surface area contributed by atoms with Gasteiger partial charge < -0.3 is 14.9 Å². The first kappa shape index (κ1) is 26.3. The lowest BCUT2D eigenvalue weighted by atomic mass is 9.47. The van der Waals surface area contributed by atoms with Crippen LogP contribution in [0, 0.1) is 40.4 Å². The van der Waals surface area contributed by atoms with Gasteiger partial charge in [0.25, 0.3) is 0 Å². The van der Waals surface area contributed by atoms with E-state index < -0.39 is 0 Å². The van der Waals surface area contributed by atoms with Crippen LogP contribution in [0.3, 0.4) is 0 Å². The summed E-state index contributed by atoms with van der Waals surface area (Å²) in [5.74, 6) is 4.07. The number of amides is 2. The van der Waals surface area contributed by atoms with Gasteiger partial charge in [0.15, 0.2) is 0 Å². The van der Waals surface area contributed by atoms with Gasteiger partial charge >= 0.3 is 0 Å². The van der Waals surface area contributed by atoms with Crippen molar-refractivity contribution >= 4 is 11.8 Å². The molecule has 1 aliphatic heterocycles. The third-order valence-electron chi connectivity index (χ3n) is 12.0. The van der Waals surface area contributed by atoms with E-state index in [9.17, 15) is 14.7 Å². The molecular weight excluding hydrogens is 448 g/mol. The molecular formula is C31H50N2O3. The zero-order valence-corrected chi connectivity index (χ0v) is 23.5. The molecule has 5 aliphatic rings. The Morgan fingerprint density at radius 1 is 1.11 bits per heavy atom. The summed E-state index contributed by atoms with van der Waals surface area (Å²) in [7, 11) is 0. The van der Waals surface area contributed by atoms with Crippen LogP contribution < -0.4 is 0 Å². The normalized spacial score (nSPS) is 43.2. The monoisotopic (exact) mass is 498 g/mol. The number of hydrogen-bond donors (Lipinski definition) is 1. The number of aliphatic hydroxyl groups is 1. The number of carbonyl (C=O) groups excluding carboxylic acids is 2. The van der Waals surface area contributed by atoms with Gasteiger partial charge in [-0.25, -0.2) is 0 Å². The van der Waals surface area contributed by atoms with Crippen LogP contribution in [0.1, 0.15) is 98.8 Å². The zero-order valence-electron chi connectivity index (χ0n) is 23.5. The molecule has 0 aromatic rings. The standard InChI is InChI=1S/C31H50N2O3/c1-20(6-11-29(36)32-16-17-33(22(3)34)21(2)19-32)26-9-10-27-25-8-7-23-18-24(35)12-14-30(23,4)28(25)13-15-31(26,27)5/h7,20-21,24-28,35H,6,8-19H2,1-5H3/t20?,21-,24+,25+,26-,27+,28+,30+,31-/m1/s1. The number of allylic oxidation sites excluding steroid dienone is 1. The lowest BCUT2D eigenvalue weighted by Crippen LogP contribution is -2.55. The van der Waals surface area contributed by atoms with Gasteiger partial charge in [-0.3, -0.25) is 9.59 Å². The molecule has 0 spiro atoms. The Bertz CT molecular complexity index is 900. The molecule has 5 heteroatoms. The second kappa shape index (κ2) is 9.75. The fourth-order valence-electron chi connectivity index (χ4n) is 9.98. The van der Waals surface area contributed by atoms with Crippen molar-refractivity contribution < 1.29 is 14.7 Å². The van der Waals surface area contributed by atoms with Crippen molar-refractivity contribution in [2.75, 3.05) is 19.6 Å². The van der Waals surface area contributed by atoms with Gasteiger partial charge in [0.05, 0.1) is 6.10 Å². The number of nitrogens with zero attached hydrogens (tertiary/aromatic N) is 2. The van der Waals surface area contributed by atoms with Crippen molar-refractivity contribution in [3.8, 4) is 0 Å². The van der Waals surface area contributed by atoms with Crippen molar-refractivity contribution in [3.63, 3.8) is 0 Å². The lowest BCUT2D eigenvalue weighted by Gasteiger charge is -2.58. The van der Waals surface area contributed by atoms with Crippen molar-refractivity contribution in [3.05, 3.63) is 11.6 Å². The van der Waals surface area contributed by atoms with E-state index in [1.54, 1.807) is 12.5 Å². The maximum atomic E-state index is 13.1. The third kappa shape index (κ3) is 4.35. The van der Waals surface area contributed by atoms with E-state index in [4.69, 9.17) is 0 Å².